The van der Waals surface area contributed by atoms with Gasteiger partial charge in [0.15, 0.2) is 0 Å². The Morgan fingerprint density at radius 3 is 3.00 bits per heavy atom. The second kappa shape index (κ2) is 7.46. The molecule has 0 N–H and O–H groups in total. The Bertz CT molecular complexity index is 469. The molecule has 0 aromatic heterocycles. The molecule has 2 rings (SSSR count). The predicted octanol–water partition coefficient (Wildman–Crippen LogP) is 3.11. The van der Waals surface area contributed by atoms with Crippen molar-refractivity contribution in [1.82, 2.24) is 4.90 Å². The highest BCUT2D eigenvalue weighted by Gasteiger charge is 2.18. The quantitative estimate of drug-likeness (QED) is 0.808. The lowest BCUT2D eigenvalue weighted by Crippen LogP contribution is -2.34. The lowest BCUT2D eigenvalue weighted by molar-refractivity contribution is 0.0677. The topological polar surface area (TPSA) is 38.8 Å². The SMILES string of the molecule is CCC(C)N(C)C(=O)c1cccc(OCC2CCCO2)c1. The van der Waals surface area contributed by atoms with Gasteiger partial charge in [0.25, 0.3) is 5.91 Å². The number of carbonyl (C=O) groups is 1. The number of hydrogen-bond donors (Lipinski definition) is 0. The summed E-state index contributed by atoms with van der Waals surface area (Å²) < 4.78 is 11.3. The first-order valence-electron chi connectivity index (χ1n) is 7.73. The Labute approximate surface area is 127 Å². The van der Waals surface area contributed by atoms with Crippen molar-refractivity contribution in [2.75, 3.05) is 20.3 Å². The number of hydrogen-bond acceptors (Lipinski definition) is 3. The molecule has 0 spiro atoms. The lowest BCUT2D eigenvalue weighted by atomic mass is 10.1. The molecule has 0 aliphatic carbocycles. The van der Waals surface area contributed by atoms with E-state index in [2.05, 4.69) is 13.8 Å². The molecular weight excluding hydrogens is 266 g/mol. The summed E-state index contributed by atoms with van der Waals surface area (Å²) in [5.41, 5.74) is 0.669. The van der Waals surface area contributed by atoms with E-state index in [1.165, 1.54) is 0 Å². The third-order valence-corrected chi connectivity index (χ3v) is 4.11. The Morgan fingerprint density at radius 2 is 2.33 bits per heavy atom. The molecule has 4 heteroatoms. The van der Waals surface area contributed by atoms with Gasteiger partial charge in [-0.25, -0.2) is 0 Å². The smallest absolute Gasteiger partial charge is 0.253 e. The summed E-state index contributed by atoms with van der Waals surface area (Å²) in [4.78, 5) is 14.2. The first-order valence-corrected chi connectivity index (χ1v) is 7.73. The van der Waals surface area contributed by atoms with E-state index in [1.54, 1.807) is 4.90 Å². The zero-order chi connectivity index (χ0) is 15.2. The largest absolute Gasteiger partial charge is 0.491 e. The third kappa shape index (κ3) is 4.21. The Kier molecular flexibility index (Phi) is 5.62. The van der Waals surface area contributed by atoms with Crippen LogP contribution in [0.1, 0.15) is 43.5 Å². The maximum Gasteiger partial charge on any atom is 0.253 e. The van der Waals surface area contributed by atoms with E-state index in [0.29, 0.717) is 12.2 Å². The van der Waals surface area contributed by atoms with Gasteiger partial charge in [-0.2, -0.15) is 0 Å². The van der Waals surface area contributed by atoms with Gasteiger partial charge in [0.2, 0.25) is 0 Å². The minimum absolute atomic E-state index is 0.0342. The van der Waals surface area contributed by atoms with E-state index >= 15 is 0 Å². The van der Waals surface area contributed by atoms with Gasteiger partial charge < -0.3 is 14.4 Å². The molecule has 2 unspecified atom stereocenters. The number of benzene rings is 1. The molecule has 1 aromatic carbocycles. The third-order valence-electron chi connectivity index (χ3n) is 4.11. The van der Waals surface area contributed by atoms with Gasteiger partial charge in [0.05, 0.1) is 6.10 Å². The summed E-state index contributed by atoms with van der Waals surface area (Å²) >= 11 is 0. The molecule has 1 amide bonds. The van der Waals surface area contributed by atoms with Crippen molar-refractivity contribution in [1.29, 1.82) is 0 Å². The van der Waals surface area contributed by atoms with E-state index < -0.39 is 0 Å². The van der Waals surface area contributed by atoms with Crippen LogP contribution in [0.25, 0.3) is 0 Å². The maximum atomic E-state index is 12.4. The number of rotatable bonds is 6. The van der Waals surface area contributed by atoms with Crippen molar-refractivity contribution in [3.63, 3.8) is 0 Å². The molecule has 1 fully saturated rings. The van der Waals surface area contributed by atoms with Crippen LogP contribution in [-0.2, 0) is 4.74 Å². The number of nitrogens with zero attached hydrogens (tertiary/aromatic N) is 1. The summed E-state index contributed by atoms with van der Waals surface area (Å²) in [6.07, 6.45) is 3.28. The van der Waals surface area contributed by atoms with Gasteiger partial charge in [-0.15, -0.1) is 0 Å². The monoisotopic (exact) mass is 291 g/mol. The second-order valence-corrected chi connectivity index (χ2v) is 5.65. The van der Waals surface area contributed by atoms with Crippen molar-refractivity contribution in [3.8, 4) is 5.75 Å². The maximum absolute atomic E-state index is 12.4. The Morgan fingerprint density at radius 1 is 1.52 bits per heavy atom. The normalized spacial score (nSPS) is 19.3. The fourth-order valence-electron chi connectivity index (χ4n) is 2.36. The molecule has 116 valence electrons. The fourth-order valence-corrected chi connectivity index (χ4v) is 2.36. The zero-order valence-electron chi connectivity index (χ0n) is 13.2. The Balaban J connectivity index is 1.97. The van der Waals surface area contributed by atoms with E-state index in [1.807, 2.05) is 31.3 Å². The zero-order valence-corrected chi connectivity index (χ0v) is 13.2. The molecule has 0 bridgehead atoms. The molecule has 0 saturated carbocycles. The van der Waals surface area contributed by atoms with Crippen molar-refractivity contribution >= 4 is 5.91 Å². The van der Waals surface area contributed by atoms with Crippen LogP contribution >= 0.6 is 0 Å². The van der Waals surface area contributed by atoms with E-state index in [9.17, 15) is 4.79 Å². The molecule has 0 radical (unpaired) electrons. The average Bonchev–Trinajstić information content (AvgIpc) is 3.04. The molecule has 1 saturated heterocycles. The summed E-state index contributed by atoms with van der Waals surface area (Å²) in [7, 11) is 1.84. The van der Waals surface area contributed by atoms with Gasteiger partial charge >= 0.3 is 0 Å². The number of carbonyl (C=O) groups excluding carboxylic acids is 1. The van der Waals surface area contributed by atoms with Crippen LogP contribution in [0.2, 0.25) is 0 Å². The minimum Gasteiger partial charge on any atom is -0.491 e. The first-order chi connectivity index (χ1) is 10.1. The summed E-state index contributed by atoms with van der Waals surface area (Å²) in [5.74, 6) is 0.765. The van der Waals surface area contributed by atoms with Gasteiger partial charge in [0, 0.05) is 25.3 Å². The molecule has 1 aliphatic rings. The number of amides is 1. The average molecular weight is 291 g/mol. The highest BCUT2D eigenvalue weighted by molar-refractivity contribution is 5.94. The first kappa shape index (κ1) is 15.8. The van der Waals surface area contributed by atoms with Crippen LogP contribution in [-0.4, -0.2) is 43.2 Å². The highest BCUT2D eigenvalue weighted by Crippen LogP contribution is 2.18. The van der Waals surface area contributed by atoms with E-state index in [-0.39, 0.29) is 18.1 Å². The van der Waals surface area contributed by atoms with E-state index in [4.69, 9.17) is 9.47 Å². The molecule has 1 heterocycles. The van der Waals surface area contributed by atoms with E-state index in [0.717, 1.165) is 31.6 Å². The van der Waals surface area contributed by atoms with Crippen LogP contribution in [0, 0.1) is 0 Å². The molecule has 21 heavy (non-hydrogen) atoms. The highest BCUT2D eigenvalue weighted by atomic mass is 16.5. The Hall–Kier alpha value is -1.55. The molecular formula is C17H25NO3. The molecule has 4 nitrogen and oxygen atoms in total. The molecule has 1 aromatic rings. The summed E-state index contributed by atoms with van der Waals surface area (Å²) in [5, 5.41) is 0. The summed E-state index contributed by atoms with van der Waals surface area (Å²) in [6.45, 7) is 5.51. The van der Waals surface area contributed by atoms with Gasteiger partial charge in [-0.3, -0.25) is 4.79 Å². The van der Waals surface area contributed by atoms with Crippen LogP contribution in [0.5, 0.6) is 5.75 Å². The van der Waals surface area contributed by atoms with Crippen molar-refractivity contribution in [3.05, 3.63) is 29.8 Å². The lowest BCUT2D eigenvalue weighted by Gasteiger charge is -2.24. The summed E-state index contributed by atoms with van der Waals surface area (Å²) in [6, 6.07) is 7.63. The molecule has 1 aliphatic heterocycles. The van der Waals surface area contributed by atoms with Crippen molar-refractivity contribution in [2.24, 2.45) is 0 Å². The van der Waals surface area contributed by atoms with Crippen molar-refractivity contribution in [2.45, 2.75) is 45.3 Å². The van der Waals surface area contributed by atoms with Gasteiger partial charge in [-0.1, -0.05) is 13.0 Å². The van der Waals surface area contributed by atoms with Crippen LogP contribution < -0.4 is 4.74 Å². The predicted molar refractivity (Wildman–Crippen MR) is 82.8 cm³/mol. The fraction of sp³-hybridized carbons (Fsp3) is 0.588. The number of ether oxygens (including phenoxy) is 2. The second-order valence-electron chi connectivity index (χ2n) is 5.65. The standard InChI is InChI=1S/C17H25NO3/c1-4-13(2)18(3)17(19)14-7-5-8-15(11-14)21-12-16-9-6-10-20-16/h5,7-8,11,13,16H,4,6,9-10,12H2,1-3H3. The van der Waals surface area contributed by atoms with Crippen molar-refractivity contribution < 1.29 is 14.3 Å². The molecule has 2 atom stereocenters. The van der Waals surface area contributed by atoms with Gasteiger partial charge in [0.1, 0.15) is 12.4 Å². The van der Waals surface area contributed by atoms with Gasteiger partial charge in [-0.05, 0) is 44.4 Å². The minimum atomic E-state index is 0.0342. The van der Waals surface area contributed by atoms with Crippen LogP contribution in [0.4, 0.5) is 0 Å². The van der Waals surface area contributed by atoms with Crippen LogP contribution in [0.15, 0.2) is 24.3 Å². The van der Waals surface area contributed by atoms with Crippen LogP contribution in [0.3, 0.4) is 0 Å².